The number of hydrogen-bond acceptors (Lipinski definition) is 4. The molecular formula is C16H21N3OS2. The van der Waals surface area contributed by atoms with Gasteiger partial charge in [-0.15, -0.1) is 0 Å². The van der Waals surface area contributed by atoms with Gasteiger partial charge in [-0.3, -0.25) is 4.79 Å². The first kappa shape index (κ1) is 16.8. The maximum absolute atomic E-state index is 11.7. The maximum atomic E-state index is 11.7. The van der Waals surface area contributed by atoms with E-state index >= 15 is 0 Å². The molecule has 0 unspecified atom stereocenters. The normalized spacial score (nSPS) is 10.7. The van der Waals surface area contributed by atoms with Crippen LogP contribution in [0.5, 0.6) is 0 Å². The Morgan fingerprint density at radius 3 is 2.68 bits per heavy atom. The van der Waals surface area contributed by atoms with Gasteiger partial charge in [-0.1, -0.05) is 43.2 Å². The molecule has 1 amide bonds. The Morgan fingerprint density at radius 2 is 2.00 bits per heavy atom. The second kappa shape index (κ2) is 7.65. The molecule has 0 saturated carbocycles. The Hall–Kier alpha value is -1.53. The summed E-state index contributed by atoms with van der Waals surface area (Å²) < 4.78 is 1.15. The number of hydrogen-bond donors (Lipinski definition) is 2. The topological polar surface area (TPSA) is 54.0 Å². The number of unbranched alkanes of at least 4 members (excludes halogenated alkanes) is 2. The largest absolute Gasteiger partial charge is 0.308 e. The van der Waals surface area contributed by atoms with E-state index < -0.39 is 0 Å². The molecule has 22 heavy (non-hydrogen) atoms. The number of carbonyl (C=O) groups is 1. The molecular weight excluding hydrogens is 314 g/mol. The highest BCUT2D eigenvalue weighted by molar-refractivity contribution is 7.80. The highest BCUT2D eigenvalue weighted by atomic mass is 32.1. The molecule has 118 valence electrons. The zero-order valence-electron chi connectivity index (χ0n) is 13.2. The van der Waals surface area contributed by atoms with Gasteiger partial charge < -0.3 is 10.6 Å². The zero-order valence-corrected chi connectivity index (χ0v) is 14.8. The molecule has 0 atom stereocenters. The predicted molar refractivity (Wildman–Crippen MR) is 97.6 cm³/mol. The second-order valence-corrected chi connectivity index (χ2v) is 6.76. The van der Waals surface area contributed by atoms with Gasteiger partial charge in [0, 0.05) is 6.42 Å². The van der Waals surface area contributed by atoms with Crippen LogP contribution in [0.25, 0.3) is 10.2 Å². The molecule has 0 radical (unpaired) electrons. The van der Waals surface area contributed by atoms with Crippen LogP contribution in [0.3, 0.4) is 0 Å². The van der Waals surface area contributed by atoms with Gasteiger partial charge in [-0.25, -0.2) is 4.98 Å². The van der Waals surface area contributed by atoms with E-state index in [0.717, 1.165) is 35.0 Å². The van der Waals surface area contributed by atoms with E-state index in [1.807, 2.05) is 6.92 Å². The minimum Gasteiger partial charge on any atom is -0.308 e. The van der Waals surface area contributed by atoms with Crippen LogP contribution in [0.4, 0.5) is 5.13 Å². The fraction of sp³-hybridized carbons (Fsp3) is 0.438. The predicted octanol–water partition coefficient (Wildman–Crippen LogP) is 4.31. The molecule has 0 saturated heterocycles. The van der Waals surface area contributed by atoms with Gasteiger partial charge in [0.25, 0.3) is 0 Å². The van der Waals surface area contributed by atoms with Crippen molar-refractivity contribution in [3.63, 3.8) is 0 Å². The number of nitrogens with zero attached hydrogens (tertiary/aromatic N) is 1. The first-order valence-electron chi connectivity index (χ1n) is 7.49. The van der Waals surface area contributed by atoms with Gasteiger partial charge in [0.2, 0.25) is 5.91 Å². The Labute approximate surface area is 140 Å². The molecule has 0 aliphatic carbocycles. The van der Waals surface area contributed by atoms with Gasteiger partial charge in [0.05, 0.1) is 10.2 Å². The molecule has 1 aromatic heterocycles. The Morgan fingerprint density at radius 1 is 1.27 bits per heavy atom. The lowest BCUT2D eigenvalue weighted by molar-refractivity contribution is -0.119. The summed E-state index contributed by atoms with van der Waals surface area (Å²) in [6, 6.07) is 4.16. The SMILES string of the molecule is CCCCCC(=O)NC(=S)Nc1nc2c(C)ccc(C)c2s1. The van der Waals surface area contributed by atoms with Crippen LogP contribution >= 0.6 is 23.6 Å². The molecule has 0 bridgehead atoms. The van der Waals surface area contributed by atoms with Crippen molar-refractivity contribution in [2.75, 3.05) is 5.32 Å². The number of aromatic nitrogens is 1. The summed E-state index contributed by atoms with van der Waals surface area (Å²) in [6.07, 6.45) is 3.56. The van der Waals surface area contributed by atoms with Crippen LogP contribution in [0.1, 0.15) is 43.7 Å². The molecule has 0 aliphatic rings. The molecule has 4 nitrogen and oxygen atoms in total. The lowest BCUT2D eigenvalue weighted by Crippen LogP contribution is -2.33. The van der Waals surface area contributed by atoms with Crippen LogP contribution in [-0.2, 0) is 4.79 Å². The Balaban J connectivity index is 1.99. The number of benzene rings is 1. The first-order chi connectivity index (χ1) is 10.5. The smallest absolute Gasteiger partial charge is 0.226 e. The van der Waals surface area contributed by atoms with E-state index in [1.165, 1.54) is 5.56 Å². The molecule has 2 aromatic rings. The van der Waals surface area contributed by atoms with E-state index in [0.29, 0.717) is 16.7 Å². The fourth-order valence-corrected chi connectivity index (χ4v) is 3.46. The molecule has 0 aliphatic heterocycles. The number of anilines is 1. The fourth-order valence-electron chi connectivity index (χ4n) is 2.17. The molecule has 0 spiro atoms. The Bertz CT molecular complexity index is 655. The van der Waals surface area contributed by atoms with Crippen LogP contribution in [-0.4, -0.2) is 16.0 Å². The maximum Gasteiger partial charge on any atom is 0.226 e. The summed E-state index contributed by atoms with van der Waals surface area (Å²) in [5.74, 6) is -0.0422. The van der Waals surface area contributed by atoms with Gasteiger partial charge in [0.1, 0.15) is 0 Å². The average Bonchev–Trinajstić information content (AvgIpc) is 2.88. The highest BCUT2D eigenvalue weighted by Gasteiger charge is 2.10. The highest BCUT2D eigenvalue weighted by Crippen LogP contribution is 2.30. The number of thiazole rings is 1. The van der Waals surface area contributed by atoms with Crippen LogP contribution in [0.15, 0.2) is 12.1 Å². The van der Waals surface area contributed by atoms with E-state index in [4.69, 9.17) is 12.2 Å². The number of fused-ring (bicyclic) bond motifs is 1. The van der Waals surface area contributed by atoms with Crippen molar-refractivity contribution in [1.29, 1.82) is 0 Å². The van der Waals surface area contributed by atoms with Crippen molar-refractivity contribution in [2.45, 2.75) is 46.5 Å². The zero-order chi connectivity index (χ0) is 16.1. The van der Waals surface area contributed by atoms with E-state index in [-0.39, 0.29) is 5.91 Å². The average molecular weight is 335 g/mol. The molecule has 2 N–H and O–H groups in total. The number of rotatable bonds is 5. The lowest BCUT2D eigenvalue weighted by atomic mass is 10.1. The number of nitrogens with one attached hydrogen (secondary N) is 2. The summed E-state index contributed by atoms with van der Waals surface area (Å²) >= 11 is 6.74. The summed E-state index contributed by atoms with van der Waals surface area (Å²) in [5, 5.41) is 6.75. The molecule has 1 heterocycles. The lowest BCUT2D eigenvalue weighted by Gasteiger charge is -2.06. The molecule has 6 heteroatoms. The summed E-state index contributed by atoms with van der Waals surface area (Å²) in [6.45, 7) is 6.22. The summed E-state index contributed by atoms with van der Waals surface area (Å²) in [4.78, 5) is 16.3. The van der Waals surface area contributed by atoms with Crippen molar-refractivity contribution in [2.24, 2.45) is 0 Å². The number of aryl methyl sites for hydroxylation is 2. The van der Waals surface area contributed by atoms with Crippen molar-refractivity contribution in [3.05, 3.63) is 23.3 Å². The van der Waals surface area contributed by atoms with E-state index in [1.54, 1.807) is 11.3 Å². The molecule has 2 rings (SSSR count). The van der Waals surface area contributed by atoms with Crippen molar-refractivity contribution in [1.82, 2.24) is 10.3 Å². The van der Waals surface area contributed by atoms with Crippen LogP contribution in [0, 0.1) is 13.8 Å². The van der Waals surface area contributed by atoms with Gasteiger partial charge >= 0.3 is 0 Å². The number of amides is 1. The third-order valence-electron chi connectivity index (χ3n) is 3.42. The summed E-state index contributed by atoms with van der Waals surface area (Å²) in [7, 11) is 0. The summed E-state index contributed by atoms with van der Waals surface area (Å²) in [5.41, 5.74) is 3.32. The van der Waals surface area contributed by atoms with Crippen molar-refractivity contribution >= 4 is 49.9 Å². The first-order valence-corrected chi connectivity index (χ1v) is 8.71. The minimum atomic E-state index is -0.0422. The monoisotopic (exact) mass is 335 g/mol. The van der Waals surface area contributed by atoms with E-state index in [9.17, 15) is 4.79 Å². The standard InChI is InChI=1S/C16H21N3OS2/c1-4-5-6-7-12(20)17-15(21)19-16-18-13-10(2)8-9-11(3)14(13)22-16/h8-9H,4-7H2,1-3H3,(H2,17,18,19,20,21). The van der Waals surface area contributed by atoms with Crippen LogP contribution in [0.2, 0.25) is 0 Å². The third kappa shape index (κ3) is 4.24. The van der Waals surface area contributed by atoms with Crippen molar-refractivity contribution < 1.29 is 4.79 Å². The quantitative estimate of drug-likeness (QED) is 0.631. The third-order valence-corrected chi connectivity index (χ3v) is 4.73. The van der Waals surface area contributed by atoms with Gasteiger partial charge in [-0.2, -0.15) is 0 Å². The molecule has 1 aromatic carbocycles. The Kier molecular flexibility index (Phi) is 5.85. The van der Waals surface area contributed by atoms with E-state index in [2.05, 4.69) is 41.6 Å². The minimum absolute atomic E-state index is 0.0422. The second-order valence-electron chi connectivity index (χ2n) is 5.36. The van der Waals surface area contributed by atoms with Gasteiger partial charge in [-0.05, 0) is 43.6 Å². The number of carbonyl (C=O) groups excluding carboxylic acids is 1. The number of thiocarbonyl (C=S) groups is 1. The van der Waals surface area contributed by atoms with Gasteiger partial charge in [0.15, 0.2) is 10.2 Å². The van der Waals surface area contributed by atoms with Crippen molar-refractivity contribution in [3.8, 4) is 0 Å². The molecule has 0 fully saturated rings. The van der Waals surface area contributed by atoms with Crippen LogP contribution < -0.4 is 10.6 Å².